The van der Waals surface area contributed by atoms with Crippen molar-refractivity contribution in [2.75, 3.05) is 32.1 Å². The van der Waals surface area contributed by atoms with Gasteiger partial charge in [-0.1, -0.05) is 43.4 Å². The van der Waals surface area contributed by atoms with Gasteiger partial charge in [-0.25, -0.2) is 0 Å². The fourth-order valence-corrected chi connectivity index (χ4v) is 9.15. The lowest BCUT2D eigenvalue weighted by atomic mass is 9.46. The highest BCUT2D eigenvalue weighted by Gasteiger charge is 2.68. The van der Waals surface area contributed by atoms with Crippen LogP contribution in [0.2, 0.25) is 0 Å². The Morgan fingerprint density at radius 3 is 2.68 bits per heavy atom. The second kappa shape index (κ2) is 8.79. The van der Waals surface area contributed by atoms with Crippen molar-refractivity contribution in [3.63, 3.8) is 0 Å². The van der Waals surface area contributed by atoms with E-state index in [0.717, 1.165) is 44.3 Å². The third-order valence-corrected chi connectivity index (χ3v) is 11.4. The first-order valence-electron chi connectivity index (χ1n) is 12.6. The molecule has 6 atom stereocenters. The number of Topliss-reactive ketones (excluding diaryl/α,β-unsaturated/α-hetero) is 2. The molecule has 0 bridgehead atoms. The molecule has 1 aliphatic heterocycles. The molecule has 5 rings (SSSR count). The van der Waals surface area contributed by atoms with Crippen LogP contribution in [0.15, 0.2) is 11.6 Å². The maximum Gasteiger partial charge on any atom is 0.175 e. The van der Waals surface area contributed by atoms with Gasteiger partial charge in [0.1, 0.15) is 15.7 Å². The highest BCUT2D eigenvalue weighted by atomic mass is 32.2. The average molecular weight is 506 g/mol. The summed E-state index contributed by atoms with van der Waals surface area (Å²) >= 11 is 6.85. The number of nitrogens with zero attached hydrogens (tertiary/aromatic N) is 1. The molecule has 8 heteroatoms. The standard InChI is InChI=1S/C26H35NO5S2/c1-24-7-5-17(28)13-16(24)3-4-18-19-6-8-26(31,25(19,2)14-20(29)22(18)24)21(30)15-34-23(33)27-9-11-32-12-10-27/h13,18-19,22,31H,3-12,14-15H2,1-2H3. The zero-order chi connectivity index (χ0) is 24.3. The second-order valence-corrected chi connectivity index (χ2v) is 13.0. The summed E-state index contributed by atoms with van der Waals surface area (Å²) in [5.41, 5.74) is -1.36. The summed E-state index contributed by atoms with van der Waals surface area (Å²) in [5.74, 6) is 0.448. The Balaban J connectivity index is 1.34. The molecular formula is C26H35NO5S2. The number of thiocarbonyl (C=S) groups is 1. The number of aliphatic hydroxyl groups is 1. The van der Waals surface area contributed by atoms with Gasteiger partial charge in [0.05, 0.1) is 19.0 Å². The Morgan fingerprint density at radius 2 is 1.94 bits per heavy atom. The van der Waals surface area contributed by atoms with E-state index in [9.17, 15) is 19.5 Å². The van der Waals surface area contributed by atoms with Crippen molar-refractivity contribution in [3.8, 4) is 0 Å². The zero-order valence-electron chi connectivity index (χ0n) is 20.1. The number of hydrogen-bond acceptors (Lipinski definition) is 7. The van der Waals surface area contributed by atoms with Crippen LogP contribution >= 0.6 is 24.0 Å². The molecule has 1 saturated heterocycles. The third-order valence-electron chi connectivity index (χ3n) is 9.86. The minimum Gasteiger partial charge on any atom is -0.381 e. The normalized spacial score (nSPS) is 41.9. The molecule has 6 unspecified atom stereocenters. The number of hydrogen-bond donors (Lipinski definition) is 1. The maximum absolute atomic E-state index is 13.7. The maximum atomic E-state index is 13.7. The van der Waals surface area contributed by atoms with Gasteiger partial charge in [-0.2, -0.15) is 0 Å². The van der Waals surface area contributed by atoms with Crippen molar-refractivity contribution < 1.29 is 24.2 Å². The molecule has 3 saturated carbocycles. The van der Waals surface area contributed by atoms with Gasteiger partial charge in [-0.3, -0.25) is 14.4 Å². The van der Waals surface area contributed by atoms with Crippen LogP contribution in [0.5, 0.6) is 0 Å². The van der Waals surface area contributed by atoms with E-state index in [1.54, 1.807) is 6.08 Å². The Hall–Kier alpha value is -1.09. The topological polar surface area (TPSA) is 83.9 Å². The van der Waals surface area contributed by atoms with Gasteiger partial charge in [0.25, 0.3) is 0 Å². The summed E-state index contributed by atoms with van der Waals surface area (Å²) in [4.78, 5) is 41.3. The van der Waals surface area contributed by atoms with E-state index in [-0.39, 0.29) is 52.7 Å². The molecule has 0 aromatic heterocycles. The number of ether oxygens (including phenoxy) is 1. The number of thioether (sulfide) groups is 1. The number of ketones is 3. The monoisotopic (exact) mass is 505 g/mol. The number of carbonyl (C=O) groups excluding carboxylic acids is 3. The third kappa shape index (κ3) is 3.66. The van der Waals surface area contributed by atoms with E-state index < -0.39 is 11.0 Å². The van der Waals surface area contributed by atoms with E-state index in [0.29, 0.717) is 30.4 Å². The summed E-state index contributed by atoms with van der Waals surface area (Å²) in [6.07, 6.45) is 6.12. The van der Waals surface area contributed by atoms with Crippen molar-refractivity contribution in [1.29, 1.82) is 0 Å². The van der Waals surface area contributed by atoms with Gasteiger partial charge < -0.3 is 14.7 Å². The van der Waals surface area contributed by atoms with E-state index in [4.69, 9.17) is 17.0 Å². The van der Waals surface area contributed by atoms with Crippen LogP contribution in [-0.4, -0.2) is 69.3 Å². The number of carbonyl (C=O) groups is 3. The number of allylic oxidation sites excluding steroid dienone is 1. The number of morpholine rings is 1. The molecule has 6 nitrogen and oxygen atoms in total. The molecular weight excluding hydrogens is 470 g/mol. The first kappa shape index (κ1) is 24.6. The molecule has 186 valence electrons. The summed E-state index contributed by atoms with van der Waals surface area (Å²) < 4.78 is 6.05. The van der Waals surface area contributed by atoms with E-state index >= 15 is 0 Å². The van der Waals surface area contributed by atoms with Gasteiger partial charge in [0, 0.05) is 37.3 Å². The van der Waals surface area contributed by atoms with Crippen molar-refractivity contribution in [2.24, 2.45) is 28.6 Å². The van der Waals surface area contributed by atoms with Crippen LogP contribution in [-0.2, 0) is 19.1 Å². The number of rotatable bonds is 3. The lowest BCUT2D eigenvalue weighted by molar-refractivity contribution is -0.167. The first-order chi connectivity index (χ1) is 16.1. The molecule has 5 aliphatic rings. The van der Waals surface area contributed by atoms with Gasteiger partial charge >= 0.3 is 0 Å². The molecule has 34 heavy (non-hydrogen) atoms. The van der Waals surface area contributed by atoms with Crippen molar-refractivity contribution in [1.82, 2.24) is 4.90 Å². The van der Waals surface area contributed by atoms with Crippen LogP contribution < -0.4 is 0 Å². The van der Waals surface area contributed by atoms with Crippen molar-refractivity contribution in [2.45, 2.75) is 64.4 Å². The lowest BCUT2D eigenvalue weighted by Crippen LogP contribution is -2.60. The summed E-state index contributed by atoms with van der Waals surface area (Å²) in [7, 11) is 0. The Bertz CT molecular complexity index is 959. The van der Waals surface area contributed by atoms with Crippen LogP contribution in [0.4, 0.5) is 0 Å². The minimum absolute atomic E-state index is 0.112. The first-order valence-corrected chi connectivity index (χ1v) is 14.0. The van der Waals surface area contributed by atoms with Crippen LogP contribution in [0.25, 0.3) is 0 Å². The van der Waals surface area contributed by atoms with Crippen LogP contribution in [0.3, 0.4) is 0 Å². The van der Waals surface area contributed by atoms with E-state index in [2.05, 4.69) is 11.8 Å². The largest absolute Gasteiger partial charge is 0.381 e. The van der Waals surface area contributed by atoms with Gasteiger partial charge in [0.15, 0.2) is 11.6 Å². The average Bonchev–Trinajstić information content (AvgIpc) is 3.09. The molecule has 0 aromatic carbocycles. The van der Waals surface area contributed by atoms with E-state index in [1.807, 2.05) is 6.92 Å². The predicted octanol–water partition coefficient (Wildman–Crippen LogP) is 3.35. The Kier molecular flexibility index (Phi) is 6.36. The molecule has 1 N–H and O–H groups in total. The van der Waals surface area contributed by atoms with Crippen molar-refractivity contribution >= 4 is 45.7 Å². The quantitative estimate of drug-likeness (QED) is 0.585. The lowest BCUT2D eigenvalue weighted by Gasteiger charge is -2.57. The fourth-order valence-electron chi connectivity index (χ4n) is 7.93. The van der Waals surface area contributed by atoms with Gasteiger partial charge in [-0.15, -0.1) is 0 Å². The van der Waals surface area contributed by atoms with Crippen LogP contribution in [0.1, 0.15) is 58.8 Å². The number of fused-ring (bicyclic) bond motifs is 5. The fraction of sp³-hybridized carbons (Fsp3) is 0.769. The highest BCUT2D eigenvalue weighted by Crippen LogP contribution is 2.66. The molecule has 4 fully saturated rings. The molecule has 0 amide bonds. The SMILES string of the molecule is CC12CCC(=O)C=C1CCC1C2C(=O)CC2(C)C1CCC2(O)C(=O)CSC(=S)N1CCOCC1. The molecule has 0 spiro atoms. The molecule has 1 heterocycles. The predicted molar refractivity (Wildman–Crippen MR) is 135 cm³/mol. The molecule has 0 aromatic rings. The smallest absolute Gasteiger partial charge is 0.175 e. The second-order valence-electron chi connectivity index (χ2n) is 11.4. The Morgan fingerprint density at radius 1 is 1.21 bits per heavy atom. The zero-order valence-corrected chi connectivity index (χ0v) is 21.8. The summed E-state index contributed by atoms with van der Waals surface area (Å²) in [6, 6.07) is 0. The van der Waals surface area contributed by atoms with Crippen molar-refractivity contribution in [3.05, 3.63) is 11.6 Å². The Labute approximate surface area is 211 Å². The highest BCUT2D eigenvalue weighted by molar-refractivity contribution is 8.23. The molecule has 4 aliphatic carbocycles. The van der Waals surface area contributed by atoms with Gasteiger partial charge in [0.2, 0.25) is 0 Å². The summed E-state index contributed by atoms with van der Waals surface area (Å²) in [5, 5.41) is 11.8. The molecule has 0 radical (unpaired) electrons. The minimum atomic E-state index is -1.49. The van der Waals surface area contributed by atoms with Crippen LogP contribution in [0, 0.1) is 28.6 Å². The van der Waals surface area contributed by atoms with E-state index in [1.165, 1.54) is 11.8 Å². The summed E-state index contributed by atoms with van der Waals surface area (Å²) in [6.45, 7) is 6.85. The van der Waals surface area contributed by atoms with Gasteiger partial charge in [-0.05, 0) is 55.4 Å².